The number of para-hydroxylation sites is 2. The van der Waals surface area contributed by atoms with Crippen LogP contribution in [0.4, 0.5) is 10.7 Å². The molecular weight excluding hydrogens is 406 g/mol. The van der Waals surface area contributed by atoms with E-state index >= 15 is 0 Å². The Morgan fingerprint density at radius 2 is 1.93 bits per heavy atom. The third-order valence-corrected chi connectivity index (χ3v) is 5.77. The van der Waals surface area contributed by atoms with Crippen molar-refractivity contribution in [3.8, 4) is 0 Å². The number of carbonyl (C=O) groups is 3. The Balaban J connectivity index is 1.75. The van der Waals surface area contributed by atoms with Crippen LogP contribution in [0.25, 0.3) is 11.0 Å². The fourth-order valence-electron chi connectivity index (χ4n) is 3.48. The van der Waals surface area contributed by atoms with Gasteiger partial charge in [0.1, 0.15) is 12.1 Å². The molecule has 0 aliphatic carbocycles. The molecule has 2 atom stereocenters. The van der Waals surface area contributed by atoms with Crippen molar-refractivity contribution in [2.24, 2.45) is 5.92 Å². The van der Waals surface area contributed by atoms with Gasteiger partial charge in [-0.3, -0.25) is 9.69 Å². The molecule has 1 aliphatic rings. The molecule has 3 N–H and O–H groups in total. The van der Waals surface area contributed by atoms with Crippen LogP contribution in [-0.4, -0.2) is 63.2 Å². The number of carboxylic acids is 1. The highest BCUT2D eigenvalue weighted by Gasteiger charge is 2.32. The minimum Gasteiger partial charge on any atom is -0.480 e. The molecule has 1 aromatic carbocycles. The van der Waals surface area contributed by atoms with Crippen LogP contribution in [0.3, 0.4) is 0 Å². The van der Waals surface area contributed by atoms with Crippen LogP contribution in [0.5, 0.6) is 0 Å². The van der Waals surface area contributed by atoms with Crippen molar-refractivity contribution in [3.05, 3.63) is 24.3 Å². The minimum absolute atomic E-state index is 0.276. The smallest absolute Gasteiger partial charge is 0.326 e. The molecule has 10 heteroatoms. The second kappa shape index (κ2) is 9.38. The van der Waals surface area contributed by atoms with Crippen molar-refractivity contribution in [1.82, 2.24) is 20.2 Å². The molecule has 1 aromatic heterocycles. The summed E-state index contributed by atoms with van der Waals surface area (Å²) in [4.78, 5) is 43.3. The third kappa shape index (κ3) is 4.53. The molecule has 3 amide bonds. The Bertz CT molecular complexity index is 944. The monoisotopic (exact) mass is 433 g/mol. The molecule has 9 nitrogen and oxygen atoms in total. The molecule has 0 saturated heterocycles. The highest BCUT2D eigenvalue weighted by atomic mass is 32.2. The molecule has 0 fully saturated rings. The number of aromatic nitrogens is 2. The maximum absolute atomic E-state index is 13.0. The van der Waals surface area contributed by atoms with Crippen molar-refractivity contribution >= 4 is 46.7 Å². The number of urea groups is 1. The number of amides is 3. The quantitative estimate of drug-likeness (QED) is 0.586. The zero-order valence-corrected chi connectivity index (χ0v) is 18.1. The molecule has 0 radical (unpaired) electrons. The van der Waals surface area contributed by atoms with Crippen molar-refractivity contribution in [2.45, 2.75) is 38.9 Å². The summed E-state index contributed by atoms with van der Waals surface area (Å²) in [7, 11) is 0. The summed E-state index contributed by atoms with van der Waals surface area (Å²) in [5, 5.41) is 14.7. The normalized spacial score (nSPS) is 15.1. The van der Waals surface area contributed by atoms with Gasteiger partial charge in [0.05, 0.1) is 11.0 Å². The number of rotatable bonds is 8. The lowest BCUT2D eigenvalue weighted by molar-refractivity contribution is -0.143. The van der Waals surface area contributed by atoms with E-state index in [2.05, 4.69) is 15.6 Å². The summed E-state index contributed by atoms with van der Waals surface area (Å²) in [5.74, 6) is -0.672. The van der Waals surface area contributed by atoms with Gasteiger partial charge in [0, 0.05) is 13.1 Å². The Labute approximate surface area is 179 Å². The minimum atomic E-state index is -1.10. The average molecular weight is 434 g/mol. The van der Waals surface area contributed by atoms with Crippen LogP contribution in [-0.2, 0) is 16.1 Å². The number of fused-ring (bicyclic) bond motifs is 3. The number of aliphatic carboxylic acids is 1. The van der Waals surface area contributed by atoms with E-state index in [0.29, 0.717) is 31.2 Å². The lowest BCUT2D eigenvalue weighted by Gasteiger charge is -2.24. The maximum atomic E-state index is 13.0. The van der Waals surface area contributed by atoms with Gasteiger partial charge in [0.15, 0.2) is 0 Å². The summed E-state index contributed by atoms with van der Waals surface area (Å²) in [6.45, 7) is 4.53. The van der Waals surface area contributed by atoms with Crippen LogP contribution in [0.1, 0.15) is 20.3 Å². The Morgan fingerprint density at radius 3 is 2.60 bits per heavy atom. The van der Waals surface area contributed by atoms with Crippen LogP contribution in [0.2, 0.25) is 0 Å². The molecule has 2 aromatic rings. The first-order valence-electron chi connectivity index (χ1n) is 9.89. The van der Waals surface area contributed by atoms with Crippen LogP contribution >= 0.6 is 11.8 Å². The largest absolute Gasteiger partial charge is 0.480 e. The number of imidazole rings is 1. The van der Waals surface area contributed by atoms with E-state index in [1.807, 2.05) is 35.1 Å². The fourth-order valence-corrected chi connectivity index (χ4v) is 3.95. The molecule has 3 rings (SSSR count). The molecule has 1 aliphatic heterocycles. The standard InChI is InChI=1S/C20H27N5O4S/c1-12(2)16(18(27)28)23-17(26)14(8-11-30-3)22-20(29)25-10-9-24-15-7-5-4-6-13(15)21-19(24)25/h4-7,12,14,16H,8-11H2,1-3H3,(H,22,29)(H,23,26)(H,27,28)/t14-,16+/m0/s1. The Morgan fingerprint density at radius 1 is 1.20 bits per heavy atom. The zero-order valence-electron chi connectivity index (χ0n) is 17.3. The van der Waals surface area contributed by atoms with Gasteiger partial charge < -0.3 is 20.3 Å². The number of anilines is 1. The number of benzene rings is 1. The van der Waals surface area contributed by atoms with E-state index in [1.165, 1.54) is 4.90 Å². The van der Waals surface area contributed by atoms with Gasteiger partial charge in [-0.2, -0.15) is 11.8 Å². The fraction of sp³-hybridized carbons (Fsp3) is 0.500. The second-order valence-corrected chi connectivity index (χ2v) is 8.54. The summed E-state index contributed by atoms with van der Waals surface area (Å²) in [6.07, 6.45) is 2.31. The first kappa shape index (κ1) is 21.9. The molecule has 2 heterocycles. The molecule has 0 spiro atoms. The summed E-state index contributed by atoms with van der Waals surface area (Å²) in [6, 6.07) is 5.42. The number of hydrogen-bond acceptors (Lipinski definition) is 5. The number of hydrogen-bond donors (Lipinski definition) is 3. The maximum Gasteiger partial charge on any atom is 0.326 e. The van der Waals surface area contributed by atoms with Gasteiger partial charge in [-0.05, 0) is 36.5 Å². The predicted molar refractivity (Wildman–Crippen MR) is 117 cm³/mol. The molecule has 0 bridgehead atoms. The lowest BCUT2D eigenvalue weighted by Crippen LogP contribution is -2.55. The van der Waals surface area contributed by atoms with Crippen molar-refractivity contribution in [3.63, 3.8) is 0 Å². The molecule has 30 heavy (non-hydrogen) atoms. The highest BCUT2D eigenvalue weighted by Crippen LogP contribution is 2.27. The SMILES string of the molecule is CSCC[C@H](NC(=O)N1CCn2c1nc1ccccc12)C(=O)N[C@@H](C(=O)O)C(C)C. The van der Waals surface area contributed by atoms with Crippen LogP contribution < -0.4 is 15.5 Å². The Kier molecular flexibility index (Phi) is 6.86. The third-order valence-electron chi connectivity index (χ3n) is 5.12. The topological polar surface area (TPSA) is 117 Å². The summed E-state index contributed by atoms with van der Waals surface area (Å²) in [5.41, 5.74) is 1.77. The average Bonchev–Trinajstić information content (AvgIpc) is 3.27. The number of thioether (sulfide) groups is 1. The van der Waals surface area contributed by atoms with E-state index in [9.17, 15) is 19.5 Å². The molecule has 0 unspecified atom stereocenters. The first-order valence-corrected chi connectivity index (χ1v) is 11.3. The highest BCUT2D eigenvalue weighted by molar-refractivity contribution is 7.98. The van der Waals surface area contributed by atoms with Crippen molar-refractivity contribution in [2.75, 3.05) is 23.5 Å². The first-order chi connectivity index (χ1) is 14.3. The summed E-state index contributed by atoms with van der Waals surface area (Å²) >= 11 is 1.55. The van der Waals surface area contributed by atoms with Crippen molar-refractivity contribution in [1.29, 1.82) is 0 Å². The van der Waals surface area contributed by atoms with Gasteiger partial charge in [-0.1, -0.05) is 26.0 Å². The number of nitrogens with one attached hydrogen (secondary N) is 2. The number of carbonyl (C=O) groups excluding carboxylic acids is 2. The lowest BCUT2D eigenvalue weighted by atomic mass is 10.0. The second-order valence-electron chi connectivity index (χ2n) is 7.56. The van der Waals surface area contributed by atoms with Gasteiger partial charge in [0.2, 0.25) is 11.9 Å². The van der Waals surface area contributed by atoms with Gasteiger partial charge in [-0.25, -0.2) is 14.6 Å². The van der Waals surface area contributed by atoms with Gasteiger partial charge >= 0.3 is 12.0 Å². The van der Waals surface area contributed by atoms with E-state index < -0.39 is 30.0 Å². The van der Waals surface area contributed by atoms with Gasteiger partial charge in [0.25, 0.3) is 0 Å². The van der Waals surface area contributed by atoms with E-state index in [-0.39, 0.29) is 5.92 Å². The van der Waals surface area contributed by atoms with E-state index in [0.717, 1.165) is 11.0 Å². The van der Waals surface area contributed by atoms with Crippen molar-refractivity contribution < 1.29 is 19.5 Å². The van der Waals surface area contributed by atoms with Gasteiger partial charge in [-0.15, -0.1) is 0 Å². The number of carboxylic acid groups (broad SMARTS) is 1. The van der Waals surface area contributed by atoms with Crippen LogP contribution in [0.15, 0.2) is 24.3 Å². The Hall–Kier alpha value is -2.75. The van der Waals surface area contributed by atoms with E-state index in [1.54, 1.807) is 25.6 Å². The zero-order chi connectivity index (χ0) is 21.8. The predicted octanol–water partition coefficient (Wildman–Crippen LogP) is 1.91. The molecule has 0 saturated carbocycles. The molecule has 162 valence electrons. The molecular formula is C20H27N5O4S. The van der Waals surface area contributed by atoms with E-state index in [4.69, 9.17) is 0 Å². The van der Waals surface area contributed by atoms with Crippen LogP contribution in [0, 0.1) is 5.92 Å². The summed E-state index contributed by atoms with van der Waals surface area (Å²) < 4.78 is 1.98. The number of nitrogens with zero attached hydrogens (tertiary/aromatic N) is 3.